The van der Waals surface area contributed by atoms with Crippen LogP contribution in [0, 0.1) is 5.92 Å². The van der Waals surface area contributed by atoms with E-state index >= 15 is 0 Å². The number of carbonyl (C=O) groups excluding carboxylic acids is 2. The lowest BCUT2D eigenvalue weighted by Crippen LogP contribution is -2.50. The third-order valence-corrected chi connectivity index (χ3v) is 4.09. The molecule has 2 amide bonds. The summed E-state index contributed by atoms with van der Waals surface area (Å²) >= 11 is 0. The fraction of sp³-hybridized carbons (Fsp3) is 0.350. The maximum Gasteiger partial charge on any atom is 0.255 e. The Morgan fingerprint density at radius 1 is 1.19 bits per heavy atom. The number of ether oxygens (including phenoxy) is 1. The zero-order valence-electron chi connectivity index (χ0n) is 15.6. The highest BCUT2D eigenvalue weighted by molar-refractivity contribution is 5.99. The highest BCUT2D eigenvalue weighted by atomic mass is 16.5. The number of aromatic nitrogens is 1. The predicted molar refractivity (Wildman–Crippen MR) is 99.8 cm³/mol. The molecule has 6 heteroatoms. The number of carbonyl (C=O) groups is 2. The maximum absolute atomic E-state index is 12.9. The first-order valence-corrected chi connectivity index (χ1v) is 8.51. The molecule has 0 radical (unpaired) electrons. The van der Waals surface area contributed by atoms with Crippen molar-refractivity contribution in [3.05, 3.63) is 59.9 Å². The number of rotatable bonds is 7. The standard InChI is InChI=1S/C20H25N3O3/c1-14(2)18(20(25)23(3)13-15-8-7-11-21-12-15)22-19(24)16-9-5-6-10-17(16)26-4/h5-12,14,18H,13H2,1-4H3,(H,22,24). The lowest BCUT2D eigenvalue weighted by Gasteiger charge is -2.27. The fourth-order valence-electron chi connectivity index (χ4n) is 2.65. The molecule has 0 bridgehead atoms. The minimum absolute atomic E-state index is 0.0579. The molecule has 0 spiro atoms. The van der Waals surface area contributed by atoms with Gasteiger partial charge in [0.1, 0.15) is 11.8 Å². The SMILES string of the molecule is COc1ccccc1C(=O)NC(C(=O)N(C)Cc1cccnc1)C(C)C. The quantitative estimate of drug-likeness (QED) is 0.828. The number of benzene rings is 1. The molecule has 1 aromatic heterocycles. The van der Waals surface area contributed by atoms with Crippen LogP contribution in [0.2, 0.25) is 0 Å². The Bertz CT molecular complexity index is 747. The number of nitrogens with zero attached hydrogens (tertiary/aromatic N) is 2. The molecule has 1 unspecified atom stereocenters. The van der Waals surface area contributed by atoms with Crippen LogP contribution >= 0.6 is 0 Å². The van der Waals surface area contributed by atoms with Gasteiger partial charge in [0.2, 0.25) is 5.91 Å². The summed E-state index contributed by atoms with van der Waals surface area (Å²) in [7, 11) is 3.23. The molecule has 0 aliphatic carbocycles. The summed E-state index contributed by atoms with van der Waals surface area (Å²) in [6, 6.07) is 10.1. The van der Waals surface area contributed by atoms with Crippen LogP contribution in [-0.4, -0.2) is 41.9 Å². The number of para-hydroxylation sites is 1. The number of nitrogens with one attached hydrogen (secondary N) is 1. The maximum atomic E-state index is 12.9. The van der Waals surface area contributed by atoms with Crippen molar-refractivity contribution in [2.45, 2.75) is 26.4 Å². The first-order chi connectivity index (χ1) is 12.4. The highest BCUT2D eigenvalue weighted by Crippen LogP contribution is 2.18. The molecular formula is C20H25N3O3. The smallest absolute Gasteiger partial charge is 0.255 e. The van der Waals surface area contributed by atoms with Gasteiger partial charge in [0, 0.05) is 26.0 Å². The van der Waals surface area contributed by atoms with E-state index < -0.39 is 6.04 Å². The van der Waals surface area contributed by atoms with Crippen LogP contribution in [0.5, 0.6) is 5.75 Å². The molecule has 2 aromatic rings. The second-order valence-corrected chi connectivity index (χ2v) is 6.45. The van der Waals surface area contributed by atoms with E-state index in [1.807, 2.05) is 26.0 Å². The van der Waals surface area contributed by atoms with Crippen molar-refractivity contribution in [2.75, 3.05) is 14.2 Å². The number of methoxy groups -OCH3 is 1. The van der Waals surface area contributed by atoms with Gasteiger partial charge in [-0.05, 0) is 29.7 Å². The van der Waals surface area contributed by atoms with Gasteiger partial charge in [0.05, 0.1) is 12.7 Å². The van der Waals surface area contributed by atoms with Crippen LogP contribution < -0.4 is 10.1 Å². The Morgan fingerprint density at radius 3 is 2.54 bits per heavy atom. The molecule has 0 saturated carbocycles. The Hall–Kier alpha value is -2.89. The van der Waals surface area contributed by atoms with Crippen molar-refractivity contribution < 1.29 is 14.3 Å². The highest BCUT2D eigenvalue weighted by Gasteiger charge is 2.28. The summed E-state index contributed by atoms with van der Waals surface area (Å²) in [5.74, 6) is -0.0578. The van der Waals surface area contributed by atoms with Gasteiger partial charge in [-0.15, -0.1) is 0 Å². The van der Waals surface area contributed by atoms with Crippen LogP contribution in [0.4, 0.5) is 0 Å². The molecule has 1 atom stereocenters. The van der Waals surface area contributed by atoms with Gasteiger partial charge in [-0.25, -0.2) is 0 Å². The summed E-state index contributed by atoms with van der Waals surface area (Å²) < 4.78 is 5.23. The van der Waals surface area contributed by atoms with Crippen LogP contribution in [0.1, 0.15) is 29.8 Å². The van der Waals surface area contributed by atoms with Gasteiger partial charge in [0.25, 0.3) is 5.91 Å². The first kappa shape index (κ1) is 19.4. The van der Waals surface area contributed by atoms with E-state index in [-0.39, 0.29) is 17.7 Å². The number of amides is 2. The van der Waals surface area contributed by atoms with Crippen LogP contribution in [0.15, 0.2) is 48.8 Å². The molecule has 1 aromatic carbocycles. The van der Waals surface area contributed by atoms with Gasteiger partial charge < -0.3 is 15.0 Å². The number of pyridine rings is 1. The molecule has 0 fully saturated rings. The van der Waals surface area contributed by atoms with E-state index in [0.717, 1.165) is 5.56 Å². The van der Waals surface area contributed by atoms with Crippen molar-refractivity contribution >= 4 is 11.8 Å². The summed E-state index contributed by atoms with van der Waals surface area (Å²) in [4.78, 5) is 31.2. The topological polar surface area (TPSA) is 71.5 Å². The van der Waals surface area contributed by atoms with Crippen molar-refractivity contribution in [1.29, 1.82) is 0 Å². The Labute approximate surface area is 154 Å². The minimum atomic E-state index is -0.630. The van der Waals surface area contributed by atoms with Gasteiger partial charge in [-0.3, -0.25) is 14.6 Å². The zero-order valence-corrected chi connectivity index (χ0v) is 15.6. The van der Waals surface area contributed by atoms with Crippen molar-refractivity contribution in [1.82, 2.24) is 15.2 Å². The molecule has 0 saturated heterocycles. The summed E-state index contributed by atoms with van der Waals surface area (Å²) in [5.41, 5.74) is 1.34. The number of likely N-dealkylation sites (N-methyl/N-ethyl adjacent to an activating group) is 1. The fourth-order valence-corrected chi connectivity index (χ4v) is 2.65. The van der Waals surface area contributed by atoms with Crippen LogP contribution in [-0.2, 0) is 11.3 Å². The molecule has 1 N–H and O–H groups in total. The average molecular weight is 355 g/mol. The molecule has 26 heavy (non-hydrogen) atoms. The van der Waals surface area contributed by atoms with Crippen LogP contribution in [0.25, 0.3) is 0 Å². The van der Waals surface area contributed by atoms with E-state index in [9.17, 15) is 9.59 Å². The summed E-state index contributed by atoms with van der Waals surface area (Å²) in [6.07, 6.45) is 3.41. The normalized spacial score (nSPS) is 11.7. The lowest BCUT2D eigenvalue weighted by molar-refractivity contribution is -0.133. The molecule has 1 heterocycles. The Balaban J connectivity index is 2.12. The number of hydrogen-bond donors (Lipinski definition) is 1. The molecule has 6 nitrogen and oxygen atoms in total. The molecule has 0 aliphatic rings. The monoisotopic (exact) mass is 355 g/mol. The van der Waals surface area contributed by atoms with Gasteiger partial charge in [-0.2, -0.15) is 0 Å². The lowest BCUT2D eigenvalue weighted by atomic mass is 10.0. The van der Waals surface area contributed by atoms with E-state index in [1.54, 1.807) is 48.6 Å². The summed E-state index contributed by atoms with van der Waals surface area (Å²) in [6.45, 7) is 4.24. The Kier molecular flexibility index (Phi) is 6.72. The van der Waals surface area contributed by atoms with Gasteiger partial charge in [-0.1, -0.05) is 32.0 Å². The van der Waals surface area contributed by atoms with Gasteiger partial charge >= 0.3 is 0 Å². The summed E-state index contributed by atoms with van der Waals surface area (Å²) in [5, 5.41) is 2.85. The van der Waals surface area contributed by atoms with Crippen molar-refractivity contribution in [3.8, 4) is 5.75 Å². The first-order valence-electron chi connectivity index (χ1n) is 8.51. The zero-order chi connectivity index (χ0) is 19.1. The Morgan fingerprint density at radius 2 is 1.92 bits per heavy atom. The molecule has 0 aliphatic heterocycles. The largest absolute Gasteiger partial charge is 0.496 e. The van der Waals surface area contributed by atoms with E-state index in [0.29, 0.717) is 17.9 Å². The second kappa shape index (κ2) is 8.99. The van der Waals surface area contributed by atoms with Crippen molar-refractivity contribution in [2.24, 2.45) is 5.92 Å². The molecule has 2 rings (SSSR count). The molecule has 138 valence electrons. The predicted octanol–water partition coefficient (Wildman–Crippen LogP) is 2.50. The minimum Gasteiger partial charge on any atom is -0.496 e. The van der Waals surface area contributed by atoms with Crippen LogP contribution in [0.3, 0.4) is 0 Å². The van der Waals surface area contributed by atoms with E-state index in [4.69, 9.17) is 4.74 Å². The third-order valence-electron chi connectivity index (χ3n) is 4.09. The third kappa shape index (κ3) is 4.81. The van der Waals surface area contributed by atoms with E-state index in [1.165, 1.54) is 7.11 Å². The van der Waals surface area contributed by atoms with E-state index in [2.05, 4.69) is 10.3 Å². The van der Waals surface area contributed by atoms with Gasteiger partial charge in [0.15, 0.2) is 0 Å². The number of hydrogen-bond acceptors (Lipinski definition) is 4. The molecular weight excluding hydrogens is 330 g/mol. The second-order valence-electron chi connectivity index (χ2n) is 6.45. The van der Waals surface area contributed by atoms with Crippen molar-refractivity contribution in [3.63, 3.8) is 0 Å². The average Bonchev–Trinajstić information content (AvgIpc) is 2.65.